The number of hydrogen-bond donors (Lipinski definition) is 3. The van der Waals surface area contributed by atoms with Crippen molar-refractivity contribution >= 4 is 11.6 Å². The highest BCUT2D eigenvalue weighted by atomic mass is 16.1. The summed E-state index contributed by atoms with van der Waals surface area (Å²) < 4.78 is 0. The highest BCUT2D eigenvalue weighted by Gasteiger charge is 2.25. The molecule has 1 unspecified atom stereocenters. The Hall–Kier alpha value is -1.55. The Morgan fingerprint density at radius 2 is 2.17 bits per heavy atom. The summed E-state index contributed by atoms with van der Waals surface area (Å²) >= 11 is 0. The molecule has 1 saturated carbocycles. The number of hydrazine groups is 1. The average Bonchev–Trinajstić information content (AvgIpc) is 3.21. The second kappa shape index (κ2) is 5.87. The van der Waals surface area contributed by atoms with E-state index in [1.807, 2.05) is 12.1 Å². The van der Waals surface area contributed by atoms with Crippen LogP contribution < -0.4 is 16.6 Å². The first-order valence-corrected chi connectivity index (χ1v) is 6.61. The largest absolute Gasteiger partial charge is 0.349 e. The Bertz CT molecular complexity index is 415. The Kier molecular flexibility index (Phi) is 4.20. The summed E-state index contributed by atoms with van der Waals surface area (Å²) in [7, 11) is 0. The Morgan fingerprint density at radius 1 is 1.44 bits per heavy atom. The van der Waals surface area contributed by atoms with Gasteiger partial charge in [0.2, 0.25) is 0 Å². The van der Waals surface area contributed by atoms with E-state index < -0.39 is 0 Å². The van der Waals surface area contributed by atoms with E-state index in [0.717, 1.165) is 18.8 Å². The van der Waals surface area contributed by atoms with E-state index in [1.165, 1.54) is 12.8 Å². The van der Waals surface area contributed by atoms with Gasteiger partial charge >= 0.3 is 0 Å². The molecule has 1 atom stereocenters. The Morgan fingerprint density at radius 3 is 2.78 bits per heavy atom. The third-order valence-electron chi connectivity index (χ3n) is 3.47. The fourth-order valence-corrected chi connectivity index (χ4v) is 2.15. The quantitative estimate of drug-likeness (QED) is 0.533. The maximum absolute atomic E-state index is 12.2. The summed E-state index contributed by atoms with van der Waals surface area (Å²) in [6.07, 6.45) is 4.70. The number of nitrogens with two attached hydrogens (primary N) is 1. The summed E-state index contributed by atoms with van der Waals surface area (Å²) in [5.41, 5.74) is 3.83. The van der Waals surface area contributed by atoms with Gasteiger partial charge in [0.05, 0.1) is 11.3 Å². The lowest BCUT2D eigenvalue weighted by Gasteiger charge is -2.17. The van der Waals surface area contributed by atoms with Crippen LogP contribution in [0.1, 0.15) is 43.0 Å². The standard InChI is InChI=1S/C14H21N3O/c1-2-11(9-10-7-8-10)16-14(18)12-5-3-4-6-13(12)17-15/h3-6,10-11,17H,2,7-9,15H2,1H3,(H,16,18). The SMILES string of the molecule is CCC(CC1CC1)NC(=O)c1ccccc1NN. The molecule has 1 amide bonds. The van der Waals surface area contributed by atoms with Crippen molar-refractivity contribution in [3.05, 3.63) is 29.8 Å². The number of nitrogen functional groups attached to an aromatic ring is 1. The second-order valence-electron chi connectivity index (χ2n) is 4.95. The first kappa shape index (κ1) is 12.9. The van der Waals surface area contributed by atoms with Crippen molar-refractivity contribution in [2.75, 3.05) is 5.43 Å². The molecule has 4 heteroatoms. The predicted molar refractivity (Wildman–Crippen MR) is 73.1 cm³/mol. The van der Waals surface area contributed by atoms with Crippen molar-refractivity contribution in [1.29, 1.82) is 0 Å². The van der Waals surface area contributed by atoms with Crippen LogP contribution in [0.5, 0.6) is 0 Å². The summed E-state index contributed by atoms with van der Waals surface area (Å²) in [5, 5.41) is 3.09. The molecule has 0 radical (unpaired) electrons. The van der Waals surface area contributed by atoms with E-state index in [0.29, 0.717) is 11.3 Å². The average molecular weight is 247 g/mol. The summed E-state index contributed by atoms with van der Waals surface area (Å²) in [4.78, 5) is 12.2. The number of carbonyl (C=O) groups excluding carboxylic acids is 1. The third kappa shape index (κ3) is 3.23. The van der Waals surface area contributed by atoms with Gasteiger partial charge in [-0.25, -0.2) is 0 Å². The van der Waals surface area contributed by atoms with Crippen molar-refractivity contribution in [3.63, 3.8) is 0 Å². The number of para-hydroxylation sites is 1. The van der Waals surface area contributed by atoms with Gasteiger partial charge < -0.3 is 10.7 Å². The van der Waals surface area contributed by atoms with Crippen LogP contribution in [0.3, 0.4) is 0 Å². The third-order valence-corrected chi connectivity index (χ3v) is 3.47. The molecule has 4 nitrogen and oxygen atoms in total. The highest BCUT2D eigenvalue weighted by molar-refractivity contribution is 5.99. The maximum Gasteiger partial charge on any atom is 0.253 e. The molecule has 18 heavy (non-hydrogen) atoms. The van der Waals surface area contributed by atoms with Crippen LogP contribution in [-0.4, -0.2) is 11.9 Å². The fourth-order valence-electron chi connectivity index (χ4n) is 2.15. The van der Waals surface area contributed by atoms with Crippen LogP contribution in [0.25, 0.3) is 0 Å². The molecule has 1 aliphatic carbocycles. The minimum atomic E-state index is -0.0453. The van der Waals surface area contributed by atoms with Crippen LogP contribution in [0.2, 0.25) is 0 Å². The van der Waals surface area contributed by atoms with E-state index >= 15 is 0 Å². The Labute approximate surface area is 108 Å². The zero-order valence-electron chi connectivity index (χ0n) is 10.8. The van der Waals surface area contributed by atoms with Gasteiger partial charge in [-0.05, 0) is 30.9 Å². The van der Waals surface area contributed by atoms with Crippen molar-refractivity contribution in [2.45, 2.75) is 38.6 Å². The van der Waals surface area contributed by atoms with Gasteiger partial charge in [0.25, 0.3) is 5.91 Å². The lowest BCUT2D eigenvalue weighted by Crippen LogP contribution is -2.35. The number of rotatable bonds is 6. The number of anilines is 1. The van der Waals surface area contributed by atoms with Gasteiger partial charge in [0.15, 0.2) is 0 Å². The molecule has 4 N–H and O–H groups in total. The topological polar surface area (TPSA) is 67.2 Å². The smallest absolute Gasteiger partial charge is 0.253 e. The number of amides is 1. The van der Waals surface area contributed by atoms with Gasteiger partial charge in [0.1, 0.15) is 0 Å². The molecule has 0 aromatic heterocycles. The molecule has 1 aromatic rings. The van der Waals surface area contributed by atoms with Crippen LogP contribution in [0.4, 0.5) is 5.69 Å². The molecule has 1 fully saturated rings. The molecule has 0 bridgehead atoms. The maximum atomic E-state index is 12.2. The van der Waals surface area contributed by atoms with Crippen LogP contribution in [-0.2, 0) is 0 Å². The van der Waals surface area contributed by atoms with E-state index in [9.17, 15) is 4.79 Å². The van der Waals surface area contributed by atoms with Crippen LogP contribution >= 0.6 is 0 Å². The van der Waals surface area contributed by atoms with Crippen molar-refractivity contribution < 1.29 is 4.79 Å². The lowest BCUT2D eigenvalue weighted by molar-refractivity contribution is 0.0933. The lowest BCUT2D eigenvalue weighted by atomic mass is 10.1. The number of hydrogen-bond acceptors (Lipinski definition) is 3. The fraction of sp³-hybridized carbons (Fsp3) is 0.500. The van der Waals surface area contributed by atoms with Crippen LogP contribution in [0, 0.1) is 5.92 Å². The second-order valence-corrected chi connectivity index (χ2v) is 4.95. The molecule has 1 aromatic carbocycles. The molecule has 0 spiro atoms. The molecule has 2 rings (SSSR count). The summed E-state index contributed by atoms with van der Waals surface area (Å²) in [6.45, 7) is 2.11. The molecular formula is C14H21N3O. The predicted octanol–water partition coefficient (Wildman–Crippen LogP) is 2.28. The van der Waals surface area contributed by atoms with Gasteiger partial charge in [0, 0.05) is 6.04 Å². The zero-order valence-corrected chi connectivity index (χ0v) is 10.8. The number of carbonyl (C=O) groups is 1. The van der Waals surface area contributed by atoms with Crippen molar-refractivity contribution in [2.24, 2.45) is 11.8 Å². The Balaban J connectivity index is 2.00. The van der Waals surface area contributed by atoms with E-state index in [-0.39, 0.29) is 11.9 Å². The van der Waals surface area contributed by atoms with Gasteiger partial charge in [-0.15, -0.1) is 0 Å². The molecule has 0 heterocycles. The van der Waals surface area contributed by atoms with Crippen molar-refractivity contribution in [3.8, 4) is 0 Å². The van der Waals surface area contributed by atoms with Gasteiger partial charge in [-0.2, -0.15) is 0 Å². The molecule has 1 aliphatic rings. The van der Waals surface area contributed by atoms with Crippen LogP contribution in [0.15, 0.2) is 24.3 Å². The monoisotopic (exact) mass is 247 g/mol. The number of benzene rings is 1. The summed E-state index contributed by atoms with van der Waals surface area (Å²) in [5.74, 6) is 6.18. The normalized spacial score (nSPS) is 16.1. The number of nitrogens with one attached hydrogen (secondary N) is 2. The summed E-state index contributed by atoms with van der Waals surface area (Å²) in [6, 6.07) is 7.56. The zero-order chi connectivity index (χ0) is 13.0. The highest BCUT2D eigenvalue weighted by Crippen LogP contribution is 2.34. The van der Waals surface area contributed by atoms with Gasteiger partial charge in [-0.1, -0.05) is 31.9 Å². The van der Waals surface area contributed by atoms with E-state index in [4.69, 9.17) is 5.84 Å². The first-order chi connectivity index (χ1) is 8.74. The first-order valence-electron chi connectivity index (χ1n) is 6.61. The van der Waals surface area contributed by atoms with Gasteiger partial charge in [-0.3, -0.25) is 10.6 Å². The molecule has 0 saturated heterocycles. The molecule has 0 aliphatic heterocycles. The molecule has 98 valence electrons. The minimum Gasteiger partial charge on any atom is -0.349 e. The minimum absolute atomic E-state index is 0.0453. The van der Waals surface area contributed by atoms with Crippen molar-refractivity contribution in [1.82, 2.24) is 5.32 Å². The molecular weight excluding hydrogens is 226 g/mol. The van der Waals surface area contributed by atoms with E-state index in [1.54, 1.807) is 12.1 Å². The van der Waals surface area contributed by atoms with E-state index in [2.05, 4.69) is 17.7 Å².